The van der Waals surface area contributed by atoms with Gasteiger partial charge in [0.25, 0.3) is 0 Å². The highest BCUT2D eigenvalue weighted by Crippen LogP contribution is 2.26. The van der Waals surface area contributed by atoms with Crippen molar-refractivity contribution in [3.8, 4) is 0 Å². The lowest BCUT2D eigenvalue weighted by Crippen LogP contribution is -2.41. The fourth-order valence-corrected chi connectivity index (χ4v) is 3.13. The zero-order valence-electron chi connectivity index (χ0n) is 10.7. The van der Waals surface area contributed by atoms with Gasteiger partial charge in [-0.1, -0.05) is 42.5 Å². The number of carbonyl (C=O) groups excluding carboxylic acids is 1. The molecule has 2 rings (SSSR count). The standard InChI is InChI=1S/C14H18Cl2N2O/c15-10-6-9(7-11(16)8-10)13(14(17)19)18-12-4-2-1-3-5-12/h6-8,12-13,18H,1-5H2,(H2,17,19). The van der Waals surface area contributed by atoms with Crippen LogP contribution >= 0.6 is 23.2 Å². The predicted octanol–water partition coefficient (Wildman–Crippen LogP) is 3.44. The Bertz CT molecular complexity index is 439. The Labute approximate surface area is 123 Å². The monoisotopic (exact) mass is 300 g/mol. The van der Waals surface area contributed by atoms with Crippen LogP contribution in [0.5, 0.6) is 0 Å². The van der Waals surface area contributed by atoms with Crippen LogP contribution in [0.4, 0.5) is 0 Å². The van der Waals surface area contributed by atoms with Crippen LogP contribution in [0.25, 0.3) is 0 Å². The molecule has 1 aromatic rings. The van der Waals surface area contributed by atoms with Crippen molar-refractivity contribution in [2.24, 2.45) is 5.73 Å². The van der Waals surface area contributed by atoms with Gasteiger partial charge in [-0.2, -0.15) is 0 Å². The molecule has 1 atom stereocenters. The lowest BCUT2D eigenvalue weighted by atomic mass is 9.94. The first-order valence-electron chi connectivity index (χ1n) is 6.57. The van der Waals surface area contributed by atoms with Crippen molar-refractivity contribution in [3.63, 3.8) is 0 Å². The van der Waals surface area contributed by atoms with Crippen molar-refractivity contribution in [2.75, 3.05) is 0 Å². The highest BCUT2D eigenvalue weighted by Gasteiger charge is 2.23. The van der Waals surface area contributed by atoms with Crippen molar-refractivity contribution >= 4 is 29.1 Å². The van der Waals surface area contributed by atoms with Gasteiger partial charge in [0.05, 0.1) is 0 Å². The van der Waals surface area contributed by atoms with E-state index in [2.05, 4.69) is 5.32 Å². The summed E-state index contributed by atoms with van der Waals surface area (Å²) in [4.78, 5) is 11.7. The van der Waals surface area contributed by atoms with E-state index in [1.807, 2.05) is 0 Å². The zero-order chi connectivity index (χ0) is 13.8. The summed E-state index contributed by atoms with van der Waals surface area (Å²) in [5.74, 6) is -0.399. The Kier molecular flexibility index (Phi) is 5.08. The number of hydrogen-bond donors (Lipinski definition) is 2. The van der Waals surface area contributed by atoms with E-state index in [4.69, 9.17) is 28.9 Å². The molecule has 0 heterocycles. The minimum Gasteiger partial charge on any atom is -0.368 e. The first-order valence-corrected chi connectivity index (χ1v) is 7.33. The maximum absolute atomic E-state index is 11.7. The fourth-order valence-electron chi connectivity index (χ4n) is 2.59. The Morgan fingerprint density at radius 1 is 1.16 bits per heavy atom. The lowest BCUT2D eigenvalue weighted by molar-refractivity contribution is -0.120. The topological polar surface area (TPSA) is 55.1 Å². The molecule has 1 aromatic carbocycles. The van der Waals surface area contributed by atoms with Gasteiger partial charge in [0, 0.05) is 16.1 Å². The number of nitrogens with two attached hydrogens (primary N) is 1. The number of amides is 1. The van der Waals surface area contributed by atoms with Gasteiger partial charge in [-0.3, -0.25) is 10.1 Å². The van der Waals surface area contributed by atoms with E-state index in [-0.39, 0.29) is 0 Å². The maximum Gasteiger partial charge on any atom is 0.239 e. The number of rotatable bonds is 4. The van der Waals surface area contributed by atoms with Gasteiger partial charge in [-0.25, -0.2) is 0 Å². The smallest absolute Gasteiger partial charge is 0.239 e. The van der Waals surface area contributed by atoms with Crippen LogP contribution in [-0.2, 0) is 4.79 Å². The van der Waals surface area contributed by atoms with Crippen LogP contribution in [-0.4, -0.2) is 11.9 Å². The molecule has 0 aromatic heterocycles. The molecule has 0 bridgehead atoms. The van der Waals surface area contributed by atoms with Crippen molar-refractivity contribution in [1.29, 1.82) is 0 Å². The van der Waals surface area contributed by atoms with E-state index in [0.29, 0.717) is 16.1 Å². The third-order valence-electron chi connectivity index (χ3n) is 3.51. The average Bonchev–Trinajstić information content (AvgIpc) is 2.35. The molecule has 0 saturated heterocycles. The molecule has 1 unspecified atom stereocenters. The molecule has 104 valence electrons. The number of carbonyl (C=O) groups is 1. The summed E-state index contributed by atoms with van der Waals surface area (Å²) in [6.45, 7) is 0. The normalized spacial score (nSPS) is 18.2. The van der Waals surface area contributed by atoms with Gasteiger partial charge >= 0.3 is 0 Å². The minimum absolute atomic E-state index is 0.337. The largest absolute Gasteiger partial charge is 0.368 e. The second-order valence-electron chi connectivity index (χ2n) is 5.04. The SMILES string of the molecule is NC(=O)C(NC1CCCCC1)c1cc(Cl)cc(Cl)c1. The first-order chi connectivity index (χ1) is 9.06. The zero-order valence-corrected chi connectivity index (χ0v) is 12.2. The van der Waals surface area contributed by atoms with E-state index in [0.717, 1.165) is 18.4 Å². The summed E-state index contributed by atoms with van der Waals surface area (Å²) in [7, 11) is 0. The van der Waals surface area contributed by atoms with Gasteiger partial charge < -0.3 is 5.73 Å². The van der Waals surface area contributed by atoms with Crippen LogP contribution in [0.1, 0.15) is 43.7 Å². The van der Waals surface area contributed by atoms with Crippen molar-refractivity contribution < 1.29 is 4.79 Å². The summed E-state index contributed by atoms with van der Waals surface area (Å²) < 4.78 is 0. The van der Waals surface area contributed by atoms with Gasteiger partial charge in [-0.05, 0) is 36.6 Å². The highest BCUT2D eigenvalue weighted by atomic mass is 35.5. The van der Waals surface area contributed by atoms with E-state index < -0.39 is 11.9 Å². The van der Waals surface area contributed by atoms with Gasteiger partial charge in [-0.15, -0.1) is 0 Å². The quantitative estimate of drug-likeness (QED) is 0.895. The summed E-state index contributed by atoms with van der Waals surface area (Å²) in [6, 6.07) is 4.92. The molecule has 19 heavy (non-hydrogen) atoms. The number of primary amides is 1. The number of nitrogens with one attached hydrogen (secondary N) is 1. The molecule has 0 spiro atoms. The van der Waals surface area contributed by atoms with Crippen LogP contribution in [0, 0.1) is 0 Å². The van der Waals surface area contributed by atoms with Gasteiger partial charge in [0.15, 0.2) is 0 Å². The fraction of sp³-hybridized carbons (Fsp3) is 0.500. The molecule has 3 nitrogen and oxygen atoms in total. The van der Waals surface area contributed by atoms with Gasteiger partial charge in [0.1, 0.15) is 6.04 Å². The van der Waals surface area contributed by atoms with E-state index >= 15 is 0 Å². The van der Waals surface area contributed by atoms with E-state index in [1.54, 1.807) is 18.2 Å². The van der Waals surface area contributed by atoms with Crippen LogP contribution < -0.4 is 11.1 Å². The Balaban J connectivity index is 2.16. The lowest BCUT2D eigenvalue weighted by Gasteiger charge is -2.27. The molecule has 1 amide bonds. The molecule has 3 N–H and O–H groups in total. The van der Waals surface area contributed by atoms with Gasteiger partial charge in [0.2, 0.25) is 5.91 Å². The number of hydrogen-bond acceptors (Lipinski definition) is 2. The second-order valence-corrected chi connectivity index (χ2v) is 5.91. The van der Waals surface area contributed by atoms with E-state index in [1.165, 1.54) is 19.3 Å². The summed E-state index contributed by atoms with van der Waals surface area (Å²) in [5.41, 5.74) is 6.23. The molecule has 0 radical (unpaired) electrons. The first kappa shape index (κ1) is 14.6. The Morgan fingerprint density at radius 3 is 2.26 bits per heavy atom. The van der Waals surface area contributed by atoms with Crippen LogP contribution in [0.15, 0.2) is 18.2 Å². The highest BCUT2D eigenvalue weighted by molar-refractivity contribution is 6.34. The van der Waals surface area contributed by atoms with E-state index in [9.17, 15) is 4.79 Å². The molecule has 5 heteroatoms. The summed E-state index contributed by atoms with van der Waals surface area (Å²) >= 11 is 12.0. The molecular weight excluding hydrogens is 283 g/mol. The maximum atomic E-state index is 11.7. The van der Waals surface area contributed by atoms with Crippen molar-refractivity contribution in [3.05, 3.63) is 33.8 Å². The average molecular weight is 301 g/mol. The van der Waals surface area contributed by atoms with Crippen LogP contribution in [0.3, 0.4) is 0 Å². The Hall–Kier alpha value is -0.770. The molecule has 1 aliphatic carbocycles. The Morgan fingerprint density at radius 2 is 1.74 bits per heavy atom. The third-order valence-corrected chi connectivity index (χ3v) is 3.95. The summed E-state index contributed by atoms with van der Waals surface area (Å²) in [5, 5.41) is 4.36. The molecular formula is C14H18Cl2N2O. The predicted molar refractivity (Wildman–Crippen MR) is 78.4 cm³/mol. The molecule has 1 saturated carbocycles. The third kappa shape index (κ3) is 4.10. The number of benzene rings is 1. The van der Waals surface area contributed by atoms with Crippen molar-refractivity contribution in [1.82, 2.24) is 5.32 Å². The minimum atomic E-state index is -0.528. The molecule has 0 aliphatic heterocycles. The summed E-state index contributed by atoms with van der Waals surface area (Å²) in [6.07, 6.45) is 5.82. The molecule has 1 fully saturated rings. The second kappa shape index (κ2) is 6.60. The molecule has 1 aliphatic rings. The van der Waals surface area contributed by atoms with Crippen LogP contribution in [0.2, 0.25) is 10.0 Å². The van der Waals surface area contributed by atoms with Crippen molar-refractivity contribution in [2.45, 2.75) is 44.2 Å². The number of halogens is 2.